The number of nitrogens with zero attached hydrogens (tertiary/aromatic N) is 1. The highest BCUT2D eigenvalue weighted by atomic mass is 16.5. The smallest absolute Gasteiger partial charge is 0.236 e. The van der Waals surface area contributed by atoms with Gasteiger partial charge >= 0.3 is 0 Å². The van der Waals surface area contributed by atoms with E-state index in [9.17, 15) is 4.79 Å². The van der Waals surface area contributed by atoms with E-state index in [0.717, 1.165) is 12.2 Å². The Morgan fingerprint density at radius 3 is 2.84 bits per heavy atom. The average molecular weight is 260 g/mol. The zero-order valence-electron chi connectivity index (χ0n) is 11.3. The summed E-state index contributed by atoms with van der Waals surface area (Å²) in [6, 6.07) is 9.64. The maximum atomic E-state index is 11.6. The Morgan fingerprint density at radius 1 is 1.42 bits per heavy atom. The summed E-state index contributed by atoms with van der Waals surface area (Å²) >= 11 is 0. The van der Waals surface area contributed by atoms with Gasteiger partial charge in [-0.05, 0) is 18.6 Å². The van der Waals surface area contributed by atoms with E-state index < -0.39 is 0 Å². The topological polar surface area (TPSA) is 41.6 Å². The summed E-state index contributed by atoms with van der Waals surface area (Å²) in [5, 5.41) is 2.87. The van der Waals surface area contributed by atoms with Crippen molar-refractivity contribution in [3.8, 4) is 18.1 Å². The SMILES string of the molecule is C#CCNCC(=O)N(C)CCCOc1ccccc1. The summed E-state index contributed by atoms with van der Waals surface area (Å²) in [5.41, 5.74) is 0. The number of likely N-dealkylation sites (N-methyl/N-ethyl adjacent to an activating group) is 1. The van der Waals surface area contributed by atoms with Crippen LogP contribution in [0.3, 0.4) is 0 Å². The quantitative estimate of drug-likeness (QED) is 0.563. The molecule has 1 amide bonds. The third-order valence-electron chi connectivity index (χ3n) is 2.58. The molecule has 1 N–H and O–H groups in total. The van der Waals surface area contributed by atoms with Crippen molar-refractivity contribution < 1.29 is 9.53 Å². The molecular weight excluding hydrogens is 240 g/mol. The number of hydrogen-bond acceptors (Lipinski definition) is 3. The van der Waals surface area contributed by atoms with Crippen molar-refractivity contribution in [3.63, 3.8) is 0 Å². The van der Waals surface area contributed by atoms with Gasteiger partial charge in [-0.3, -0.25) is 10.1 Å². The fourth-order valence-corrected chi connectivity index (χ4v) is 1.51. The number of benzene rings is 1. The molecule has 0 atom stereocenters. The van der Waals surface area contributed by atoms with E-state index in [-0.39, 0.29) is 12.5 Å². The van der Waals surface area contributed by atoms with Crippen LogP contribution in [0.15, 0.2) is 30.3 Å². The predicted molar refractivity (Wildman–Crippen MR) is 75.9 cm³/mol. The average Bonchev–Trinajstić information content (AvgIpc) is 2.44. The number of terminal acetylenes is 1. The largest absolute Gasteiger partial charge is 0.494 e. The van der Waals surface area contributed by atoms with Crippen molar-refractivity contribution in [2.45, 2.75) is 6.42 Å². The van der Waals surface area contributed by atoms with Gasteiger partial charge in [-0.15, -0.1) is 6.42 Å². The van der Waals surface area contributed by atoms with Gasteiger partial charge in [-0.1, -0.05) is 24.1 Å². The Morgan fingerprint density at radius 2 is 2.16 bits per heavy atom. The highest BCUT2D eigenvalue weighted by Gasteiger charge is 2.06. The van der Waals surface area contributed by atoms with Crippen LogP contribution >= 0.6 is 0 Å². The van der Waals surface area contributed by atoms with Gasteiger partial charge in [0.25, 0.3) is 0 Å². The summed E-state index contributed by atoms with van der Waals surface area (Å²) in [6.07, 6.45) is 5.89. The minimum absolute atomic E-state index is 0.0370. The minimum atomic E-state index is 0.0370. The number of carbonyl (C=O) groups excluding carboxylic acids is 1. The van der Waals surface area contributed by atoms with Crippen LogP contribution in [-0.4, -0.2) is 44.1 Å². The molecule has 0 unspecified atom stereocenters. The van der Waals surface area contributed by atoms with Gasteiger partial charge in [0, 0.05) is 13.6 Å². The first-order valence-electron chi connectivity index (χ1n) is 6.30. The van der Waals surface area contributed by atoms with E-state index in [1.807, 2.05) is 30.3 Å². The molecule has 0 aliphatic rings. The maximum absolute atomic E-state index is 11.6. The Bertz CT molecular complexity index is 412. The number of carbonyl (C=O) groups is 1. The fraction of sp³-hybridized carbons (Fsp3) is 0.400. The van der Waals surface area contributed by atoms with Gasteiger partial charge in [0.1, 0.15) is 5.75 Å². The van der Waals surface area contributed by atoms with Crippen molar-refractivity contribution >= 4 is 5.91 Å². The van der Waals surface area contributed by atoms with Crippen LogP contribution in [0.4, 0.5) is 0 Å². The lowest BCUT2D eigenvalue weighted by atomic mass is 10.3. The lowest BCUT2D eigenvalue weighted by Crippen LogP contribution is -2.36. The minimum Gasteiger partial charge on any atom is -0.494 e. The van der Waals surface area contributed by atoms with Gasteiger partial charge in [0.2, 0.25) is 5.91 Å². The highest BCUT2D eigenvalue weighted by Crippen LogP contribution is 2.08. The number of nitrogens with one attached hydrogen (secondary N) is 1. The first-order valence-corrected chi connectivity index (χ1v) is 6.30. The standard InChI is InChI=1S/C15H20N2O2/c1-3-10-16-13-15(18)17(2)11-7-12-19-14-8-5-4-6-9-14/h1,4-6,8-9,16H,7,10-13H2,2H3. The zero-order chi connectivity index (χ0) is 13.9. The second-order valence-electron chi connectivity index (χ2n) is 4.14. The molecule has 0 fully saturated rings. The highest BCUT2D eigenvalue weighted by molar-refractivity contribution is 5.77. The van der Waals surface area contributed by atoms with Gasteiger partial charge in [0.05, 0.1) is 19.7 Å². The Hall–Kier alpha value is -1.99. The molecule has 0 saturated carbocycles. The number of rotatable bonds is 8. The molecule has 0 saturated heterocycles. The number of amides is 1. The van der Waals surface area contributed by atoms with Crippen LogP contribution in [0.5, 0.6) is 5.75 Å². The molecule has 0 radical (unpaired) electrons. The monoisotopic (exact) mass is 260 g/mol. The maximum Gasteiger partial charge on any atom is 0.236 e. The van der Waals surface area contributed by atoms with E-state index in [1.165, 1.54) is 0 Å². The van der Waals surface area contributed by atoms with E-state index >= 15 is 0 Å². The van der Waals surface area contributed by atoms with E-state index in [1.54, 1.807) is 11.9 Å². The second-order valence-corrected chi connectivity index (χ2v) is 4.14. The number of ether oxygens (including phenoxy) is 1. The van der Waals surface area contributed by atoms with Crippen molar-refractivity contribution in [2.24, 2.45) is 0 Å². The van der Waals surface area contributed by atoms with E-state index in [2.05, 4.69) is 11.2 Å². The first kappa shape index (κ1) is 15.1. The summed E-state index contributed by atoms with van der Waals surface area (Å²) in [6.45, 7) is 1.96. The molecule has 0 aliphatic heterocycles. The predicted octanol–water partition coefficient (Wildman–Crippen LogP) is 1.14. The molecular formula is C15H20N2O2. The van der Waals surface area contributed by atoms with Crippen LogP contribution < -0.4 is 10.1 Å². The molecule has 0 aliphatic carbocycles. The van der Waals surface area contributed by atoms with Crippen LogP contribution in [0.1, 0.15) is 6.42 Å². The summed E-state index contributed by atoms with van der Waals surface area (Å²) in [7, 11) is 1.78. The normalized spacial score (nSPS) is 9.68. The third kappa shape index (κ3) is 6.49. The van der Waals surface area contributed by atoms with Crippen molar-refractivity contribution in [2.75, 3.05) is 33.3 Å². The molecule has 0 heterocycles. The Kier molecular flexibility index (Phi) is 7.14. The van der Waals surface area contributed by atoms with Crippen LogP contribution in [0.25, 0.3) is 0 Å². The van der Waals surface area contributed by atoms with Gasteiger partial charge in [0.15, 0.2) is 0 Å². The molecule has 1 aromatic carbocycles. The molecule has 0 spiro atoms. The molecule has 1 rings (SSSR count). The molecule has 1 aromatic rings. The zero-order valence-corrected chi connectivity index (χ0v) is 11.3. The lowest BCUT2D eigenvalue weighted by Gasteiger charge is -2.17. The molecule has 4 heteroatoms. The van der Waals surface area contributed by atoms with Crippen LogP contribution in [-0.2, 0) is 4.79 Å². The summed E-state index contributed by atoms with van der Waals surface area (Å²) in [4.78, 5) is 13.3. The summed E-state index contributed by atoms with van der Waals surface area (Å²) < 4.78 is 5.55. The Balaban J connectivity index is 2.11. The lowest BCUT2D eigenvalue weighted by molar-refractivity contribution is -0.129. The van der Waals surface area contributed by atoms with Crippen molar-refractivity contribution in [1.29, 1.82) is 0 Å². The van der Waals surface area contributed by atoms with Crippen LogP contribution in [0.2, 0.25) is 0 Å². The molecule has 0 aromatic heterocycles. The fourth-order valence-electron chi connectivity index (χ4n) is 1.51. The molecule has 4 nitrogen and oxygen atoms in total. The van der Waals surface area contributed by atoms with Gasteiger partial charge in [-0.2, -0.15) is 0 Å². The summed E-state index contributed by atoms with van der Waals surface area (Å²) in [5.74, 6) is 3.32. The van der Waals surface area contributed by atoms with Gasteiger partial charge < -0.3 is 9.64 Å². The molecule has 0 bridgehead atoms. The third-order valence-corrected chi connectivity index (χ3v) is 2.58. The number of para-hydroxylation sites is 1. The van der Waals surface area contributed by atoms with Crippen molar-refractivity contribution in [1.82, 2.24) is 10.2 Å². The second kappa shape index (κ2) is 9.01. The van der Waals surface area contributed by atoms with Crippen molar-refractivity contribution in [3.05, 3.63) is 30.3 Å². The van der Waals surface area contributed by atoms with E-state index in [0.29, 0.717) is 19.7 Å². The molecule has 102 valence electrons. The van der Waals surface area contributed by atoms with Crippen LogP contribution in [0, 0.1) is 12.3 Å². The first-order chi connectivity index (χ1) is 9.24. The Labute approximate surface area is 114 Å². The van der Waals surface area contributed by atoms with E-state index in [4.69, 9.17) is 11.2 Å². The van der Waals surface area contributed by atoms with Gasteiger partial charge in [-0.25, -0.2) is 0 Å². The number of hydrogen-bond donors (Lipinski definition) is 1. The molecule has 19 heavy (non-hydrogen) atoms.